The molecule has 0 bridgehead atoms. The van der Waals surface area contributed by atoms with Gasteiger partial charge in [-0.2, -0.15) is 10.2 Å². The van der Waals surface area contributed by atoms with Crippen LogP contribution in [0.5, 0.6) is 0 Å². The molecule has 0 N–H and O–H groups in total. The molecule has 8 rings (SSSR count). The van der Waals surface area contributed by atoms with Crippen molar-refractivity contribution in [1.82, 2.24) is 45.1 Å². The molecule has 0 radical (unpaired) electrons. The lowest BCUT2D eigenvalue weighted by Crippen LogP contribution is -2.03. The van der Waals surface area contributed by atoms with E-state index < -0.39 is 0 Å². The predicted molar refractivity (Wildman–Crippen MR) is 169 cm³/mol. The van der Waals surface area contributed by atoms with E-state index in [4.69, 9.17) is 24.9 Å². The number of para-hydroxylation sites is 1. The molecule has 0 aliphatic carbocycles. The number of rotatable bonds is 5. The van der Waals surface area contributed by atoms with E-state index in [2.05, 4.69) is 38.4 Å². The Morgan fingerprint density at radius 1 is 0.477 bits per heavy atom. The first-order chi connectivity index (χ1) is 21.8. The van der Waals surface area contributed by atoms with Crippen molar-refractivity contribution in [2.45, 2.75) is 0 Å². The van der Waals surface area contributed by atoms with E-state index in [0.717, 1.165) is 44.2 Å². The quantitative estimate of drug-likeness (QED) is 0.219. The van der Waals surface area contributed by atoms with E-state index in [9.17, 15) is 0 Å². The van der Waals surface area contributed by atoms with Gasteiger partial charge in [0.1, 0.15) is 11.4 Å². The summed E-state index contributed by atoms with van der Waals surface area (Å²) >= 11 is 0. The second kappa shape index (κ2) is 10.8. The molecule has 6 heterocycles. The van der Waals surface area contributed by atoms with E-state index in [0.29, 0.717) is 34.2 Å². The van der Waals surface area contributed by atoms with Crippen LogP contribution in [0.3, 0.4) is 0 Å². The zero-order valence-corrected chi connectivity index (χ0v) is 23.1. The van der Waals surface area contributed by atoms with Crippen LogP contribution in [0.25, 0.3) is 78.4 Å². The molecule has 0 fully saturated rings. The number of aromatic nitrogens is 9. The summed E-state index contributed by atoms with van der Waals surface area (Å²) in [6.07, 6.45) is 11.9. The minimum absolute atomic E-state index is 0.493. The molecule has 8 aromatic rings. The fourth-order valence-corrected chi connectivity index (χ4v) is 5.49. The van der Waals surface area contributed by atoms with Crippen LogP contribution in [0, 0.1) is 0 Å². The molecule has 9 nitrogen and oxygen atoms in total. The van der Waals surface area contributed by atoms with Crippen molar-refractivity contribution in [2.75, 3.05) is 0 Å². The number of nitrogens with zero attached hydrogens (tertiary/aromatic N) is 9. The van der Waals surface area contributed by atoms with Gasteiger partial charge in [0.15, 0.2) is 5.82 Å². The lowest BCUT2D eigenvalue weighted by molar-refractivity contribution is 1.04. The number of fused-ring (bicyclic) bond motifs is 2. The minimum Gasteiger partial charge on any atom is -0.261 e. The predicted octanol–water partition coefficient (Wildman–Crippen LogP) is 6.88. The van der Waals surface area contributed by atoms with Crippen molar-refractivity contribution in [3.63, 3.8) is 0 Å². The van der Waals surface area contributed by atoms with Crippen molar-refractivity contribution in [3.8, 4) is 56.7 Å². The Morgan fingerprint density at radius 3 is 2.14 bits per heavy atom. The fourth-order valence-electron chi connectivity index (χ4n) is 5.49. The normalized spacial score (nSPS) is 11.2. The van der Waals surface area contributed by atoms with Crippen molar-refractivity contribution in [1.29, 1.82) is 0 Å². The van der Waals surface area contributed by atoms with Gasteiger partial charge in [-0.05, 0) is 42.5 Å². The average molecular weight is 568 g/mol. The topological polar surface area (TPSA) is 116 Å². The van der Waals surface area contributed by atoms with Crippen LogP contribution in [0.2, 0.25) is 0 Å². The standard InChI is InChI=1S/C35H21N9/c1-2-8-25-22(7-1)11-14-28(42-25)33-24-13-12-23(26-9-3-4-15-37-26)30(27-10-5-18-41-44-27)31(24)32(35-39-16-6-17-40-35)34(43-33)29-21-36-19-20-38-29/h1-21H. The summed E-state index contributed by atoms with van der Waals surface area (Å²) in [5, 5.41) is 11.6. The molecule has 0 atom stereocenters. The van der Waals surface area contributed by atoms with Crippen molar-refractivity contribution < 1.29 is 0 Å². The zero-order valence-electron chi connectivity index (χ0n) is 23.1. The van der Waals surface area contributed by atoms with Gasteiger partial charge < -0.3 is 0 Å². The lowest BCUT2D eigenvalue weighted by atomic mass is 9.88. The largest absolute Gasteiger partial charge is 0.261 e. The molecule has 0 spiro atoms. The van der Waals surface area contributed by atoms with Gasteiger partial charge in [-0.15, -0.1) is 0 Å². The smallest absolute Gasteiger partial charge is 0.162 e. The van der Waals surface area contributed by atoms with Crippen molar-refractivity contribution >= 4 is 21.7 Å². The first-order valence-electron chi connectivity index (χ1n) is 14.0. The van der Waals surface area contributed by atoms with Crippen LogP contribution in [-0.4, -0.2) is 45.1 Å². The number of hydrogen-bond donors (Lipinski definition) is 0. The van der Waals surface area contributed by atoms with Crippen LogP contribution >= 0.6 is 0 Å². The second-order valence-electron chi connectivity index (χ2n) is 9.97. The third kappa shape index (κ3) is 4.40. The molecule has 0 aliphatic heterocycles. The molecule has 0 aliphatic rings. The molecule has 0 saturated carbocycles. The Bertz CT molecular complexity index is 2220. The molecular formula is C35H21N9. The van der Waals surface area contributed by atoms with Crippen molar-refractivity contribution in [3.05, 3.63) is 128 Å². The Labute approximate surface area is 251 Å². The highest BCUT2D eigenvalue weighted by Crippen LogP contribution is 2.46. The highest BCUT2D eigenvalue weighted by Gasteiger charge is 2.26. The Hall–Kier alpha value is -6.35. The summed E-state index contributed by atoms with van der Waals surface area (Å²) in [6.45, 7) is 0. The molecule has 0 amide bonds. The fraction of sp³-hybridized carbons (Fsp3) is 0. The number of pyridine rings is 3. The van der Waals surface area contributed by atoms with Gasteiger partial charge in [-0.25, -0.2) is 19.9 Å². The minimum atomic E-state index is 0.493. The first-order valence-corrected chi connectivity index (χ1v) is 14.0. The van der Waals surface area contributed by atoms with Crippen LogP contribution < -0.4 is 0 Å². The van der Waals surface area contributed by atoms with Crippen LogP contribution in [0.15, 0.2) is 128 Å². The average Bonchev–Trinajstić information content (AvgIpc) is 3.11. The van der Waals surface area contributed by atoms with Crippen LogP contribution in [-0.2, 0) is 0 Å². The third-order valence-corrected chi connectivity index (χ3v) is 7.38. The summed E-state index contributed by atoms with van der Waals surface area (Å²) in [5.74, 6) is 0.493. The monoisotopic (exact) mass is 567 g/mol. The van der Waals surface area contributed by atoms with Gasteiger partial charge in [0, 0.05) is 64.5 Å². The maximum absolute atomic E-state index is 5.27. The van der Waals surface area contributed by atoms with E-state index in [1.165, 1.54) is 0 Å². The van der Waals surface area contributed by atoms with Gasteiger partial charge >= 0.3 is 0 Å². The molecule has 9 heteroatoms. The zero-order chi connectivity index (χ0) is 29.3. The molecule has 0 saturated heterocycles. The Morgan fingerprint density at radius 2 is 1.32 bits per heavy atom. The molecule has 44 heavy (non-hydrogen) atoms. The maximum atomic E-state index is 5.27. The second-order valence-corrected chi connectivity index (χ2v) is 9.97. The van der Waals surface area contributed by atoms with Crippen LogP contribution in [0.4, 0.5) is 0 Å². The number of benzene rings is 2. The lowest BCUT2D eigenvalue weighted by Gasteiger charge is -2.19. The SMILES string of the molecule is c1ccc(-c2ccc3c(-c4ccc5ccccc5n4)nc(-c4cnccn4)c(-c4ncccn4)c3c2-c2cccnn2)nc1. The maximum Gasteiger partial charge on any atom is 0.162 e. The molecular weight excluding hydrogens is 546 g/mol. The molecule has 6 aromatic heterocycles. The molecule has 0 unspecified atom stereocenters. The van der Waals surface area contributed by atoms with Gasteiger partial charge in [0.05, 0.1) is 40.1 Å². The van der Waals surface area contributed by atoms with E-state index in [1.807, 2.05) is 60.7 Å². The highest BCUT2D eigenvalue weighted by molar-refractivity contribution is 6.16. The van der Waals surface area contributed by atoms with Gasteiger partial charge in [-0.1, -0.05) is 42.5 Å². The van der Waals surface area contributed by atoms with Gasteiger partial charge in [0.2, 0.25) is 0 Å². The summed E-state index contributed by atoms with van der Waals surface area (Å²) in [6, 6.07) is 27.7. The summed E-state index contributed by atoms with van der Waals surface area (Å²) < 4.78 is 0. The summed E-state index contributed by atoms with van der Waals surface area (Å²) in [7, 11) is 0. The van der Waals surface area contributed by atoms with E-state index >= 15 is 0 Å². The van der Waals surface area contributed by atoms with Crippen molar-refractivity contribution in [2.24, 2.45) is 0 Å². The summed E-state index contributed by atoms with van der Waals surface area (Å²) in [4.78, 5) is 33.5. The molecule has 2 aromatic carbocycles. The van der Waals surface area contributed by atoms with E-state index in [-0.39, 0.29) is 0 Å². The van der Waals surface area contributed by atoms with Gasteiger partial charge in [-0.3, -0.25) is 15.0 Å². The molecule has 206 valence electrons. The first kappa shape index (κ1) is 25.4. The van der Waals surface area contributed by atoms with E-state index in [1.54, 1.807) is 49.4 Å². The van der Waals surface area contributed by atoms with Gasteiger partial charge in [0.25, 0.3) is 0 Å². The number of hydrogen-bond acceptors (Lipinski definition) is 9. The Balaban J connectivity index is 1.60. The van der Waals surface area contributed by atoms with Crippen LogP contribution in [0.1, 0.15) is 0 Å². The Kier molecular flexibility index (Phi) is 6.23. The summed E-state index contributed by atoms with van der Waals surface area (Å²) in [5.41, 5.74) is 7.29. The third-order valence-electron chi connectivity index (χ3n) is 7.38. The highest BCUT2D eigenvalue weighted by atomic mass is 15.1.